The minimum Gasteiger partial charge on any atom is -0.378 e. The van der Waals surface area contributed by atoms with Crippen LogP contribution in [0.1, 0.15) is 32.7 Å². The van der Waals surface area contributed by atoms with Crippen molar-refractivity contribution in [3.8, 4) is 0 Å². The first-order chi connectivity index (χ1) is 15.1. The van der Waals surface area contributed by atoms with Gasteiger partial charge in [-0.1, -0.05) is 6.07 Å². The van der Waals surface area contributed by atoms with Gasteiger partial charge >= 0.3 is 0 Å². The molecular formula is C22H25N5O3S. The number of aromatic nitrogens is 3. The first-order valence-electron chi connectivity index (χ1n) is 10.5. The van der Waals surface area contributed by atoms with E-state index in [2.05, 4.69) is 19.9 Å². The summed E-state index contributed by atoms with van der Waals surface area (Å²) in [6.07, 6.45) is 1.51. The number of carbonyl (C=O) groups is 1. The Morgan fingerprint density at radius 1 is 1.13 bits per heavy atom. The SMILES string of the molecule is Cc1cc(C)nc(N2CCO[C@@H](c3c(C(=O)N4CCOCC4)sc4ncccc34)C2)n1. The van der Waals surface area contributed by atoms with Crippen LogP contribution < -0.4 is 4.90 Å². The lowest BCUT2D eigenvalue weighted by Crippen LogP contribution is -2.42. The summed E-state index contributed by atoms with van der Waals surface area (Å²) in [5.41, 5.74) is 2.82. The van der Waals surface area contributed by atoms with E-state index in [4.69, 9.17) is 9.47 Å². The molecular weight excluding hydrogens is 414 g/mol. The van der Waals surface area contributed by atoms with Crippen LogP contribution in [0.4, 0.5) is 5.95 Å². The third-order valence-electron chi connectivity index (χ3n) is 5.64. The molecule has 162 valence electrons. The summed E-state index contributed by atoms with van der Waals surface area (Å²) in [7, 11) is 0. The van der Waals surface area contributed by atoms with Crippen molar-refractivity contribution >= 4 is 33.4 Å². The monoisotopic (exact) mass is 439 g/mol. The molecule has 2 aliphatic heterocycles. The van der Waals surface area contributed by atoms with E-state index in [1.807, 2.05) is 36.9 Å². The van der Waals surface area contributed by atoms with Gasteiger partial charge < -0.3 is 19.3 Å². The molecule has 2 aliphatic rings. The van der Waals surface area contributed by atoms with E-state index in [-0.39, 0.29) is 12.0 Å². The highest BCUT2D eigenvalue weighted by Crippen LogP contribution is 2.38. The molecule has 9 heteroatoms. The van der Waals surface area contributed by atoms with Crippen LogP contribution in [0.3, 0.4) is 0 Å². The maximum absolute atomic E-state index is 13.4. The Hall–Kier alpha value is -2.62. The normalized spacial score (nSPS) is 19.7. The number of ether oxygens (including phenoxy) is 2. The molecule has 5 rings (SSSR count). The van der Waals surface area contributed by atoms with Gasteiger partial charge in [-0.25, -0.2) is 15.0 Å². The highest BCUT2D eigenvalue weighted by molar-refractivity contribution is 7.20. The third-order valence-corrected chi connectivity index (χ3v) is 6.76. The second-order valence-corrected chi connectivity index (χ2v) is 8.86. The molecule has 31 heavy (non-hydrogen) atoms. The number of anilines is 1. The van der Waals surface area contributed by atoms with Gasteiger partial charge in [-0.15, -0.1) is 11.3 Å². The number of hydrogen-bond donors (Lipinski definition) is 0. The van der Waals surface area contributed by atoms with Crippen LogP contribution in [0.2, 0.25) is 0 Å². The number of carbonyl (C=O) groups excluding carboxylic acids is 1. The molecule has 2 fully saturated rings. The molecule has 0 bridgehead atoms. The first kappa shape index (κ1) is 20.3. The zero-order valence-corrected chi connectivity index (χ0v) is 18.5. The largest absolute Gasteiger partial charge is 0.378 e. The smallest absolute Gasteiger partial charge is 0.264 e. The predicted octanol–water partition coefficient (Wildman–Crippen LogP) is 2.75. The number of hydrogen-bond acceptors (Lipinski definition) is 8. The molecule has 3 aromatic heterocycles. The van der Waals surface area contributed by atoms with E-state index >= 15 is 0 Å². The Balaban J connectivity index is 1.51. The van der Waals surface area contributed by atoms with Crippen LogP contribution in [-0.2, 0) is 9.47 Å². The van der Waals surface area contributed by atoms with Crippen molar-refractivity contribution in [3.05, 3.63) is 46.2 Å². The fourth-order valence-corrected chi connectivity index (χ4v) is 5.36. The Kier molecular flexibility index (Phi) is 5.56. The number of aryl methyl sites for hydroxylation is 2. The van der Waals surface area contributed by atoms with Crippen LogP contribution in [0.5, 0.6) is 0 Å². The lowest BCUT2D eigenvalue weighted by Gasteiger charge is -2.34. The highest BCUT2D eigenvalue weighted by atomic mass is 32.1. The Morgan fingerprint density at radius 3 is 2.68 bits per heavy atom. The molecule has 0 aromatic carbocycles. The lowest BCUT2D eigenvalue weighted by molar-refractivity contribution is 0.0280. The van der Waals surface area contributed by atoms with E-state index in [1.54, 1.807) is 6.20 Å². The van der Waals surface area contributed by atoms with Crippen LogP contribution in [-0.4, -0.2) is 71.8 Å². The fraction of sp³-hybridized carbons (Fsp3) is 0.455. The van der Waals surface area contributed by atoms with Crippen LogP contribution in [0.15, 0.2) is 24.4 Å². The lowest BCUT2D eigenvalue weighted by atomic mass is 10.0. The number of nitrogens with zero attached hydrogens (tertiary/aromatic N) is 5. The number of pyridine rings is 1. The van der Waals surface area contributed by atoms with Gasteiger partial charge in [0.15, 0.2) is 0 Å². The molecule has 0 spiro atoms. The van der Waals surface area contributed by atoms with Crippen molar-refractivity contribution in [2.75, 3.05) is 50.9 Å². The first-order valence-corrected chi connectivity index (χ1v) is 11.3. The molecule has 1 amide bonds. The van der Waals surface area contributed by atoms with Gasteiger partial charge in [0.2, 0.25) is 5.95 Å². The number of fused-ring (bicyclic) bond motifs is 1. The van der Waals surface area contributed by atoms with Gasteiger partial charge in [0, 0.05) is 48.2 Å². The van der Waals surface area contributed by atoms with E-state index in [0.29, 0.717) is 56.8 Å². The van der Waals surface area contributed by atoms with Gasteiger partial charge in [0.1, 0.15) is 15.8 Å². The van der Waals surface area contributed by atoms with Crippen molar-refractivity contribution in [3.63, 3.8) is 0 Å². The molecule has 0 unspecified atom stereocenters. The van der Waals surface area contributed by atoms with Crippen molar-refractivity contribution in [1.82, 2.24) is 19.9 Å². The summed E-state index contributed by atoms with van der Waals surface area (Å²) in [6, 6.07) is 5.91. The van der Waals surface area contributed by atoms with Crippen molar-refractivity contribution in [1.29, 1.82) is 0 Å². The minimum absolute atomic E-state index is 0.0321. The quantitative estimate of drug-likeness (QED) is 0.621. The summed E-state index contributed by atoms with van der Waals surface area (Å²) in [4.78, 5) is 32.8. The van der Waals surface area contributed by atoms with E-state index in [0.717, 1.165) is 27.2 Å². The topological polar surface area (TPSA) is 80.7 Å². The molecule has 0 radical (unpaired) electrons. The van der Waals surface area contributed by atoms with Gasteiger partial charge in [-0.3, -0.25) is 4.79 Å². The summed E-state index contributed by atoms with van der Waals surface area (Å²) in [5, 5.41) is 0.984. The van der Waals surface area contributed by atoms with Crippen LogP contribution in [0, 0.1) is 13.8 Å². The zero-order valence-electron chi connectivity index (χ0n) is 17.7. The molecule has 0 saturated carbocycles. The third kappa shape index (κ3) is 4.00. The molecule has 5 heterocycles. The number of thiophene rings is 1. The van der Waals surface area contributed by atoms with Gasteiger partial charge in [0.05, 0.1) is 26.4 Å². The van der Waals surface area contributed by atoms with E-state index < -0.39 is 0 Å². The molecule has 1 atom stereocenters. The van der Waals surface area contributed by atoms with E-state index in [1.165, 1.54) is 11.3 Å². The maximum Gasteiger partial charge on any atom is 0.264 e. The standard InChI is InChI=1S/C22H25N5O3S/c1-14-12-15(2)25-22(24-14)27-8-11-30-17(13-27)18-16-4-3-5-23-20(16)31-19(18)21(28)26-6-9-29-10-7-26/h3-5,12,17H,6-11,13H2,1-2H3/t17-/m1/s1. The van der Waals surface area contributed by atoms with Crippen LogP contribution >= 0.6 is 11.3 Å². The second kappa shape index (κ2) is 8.49. The second-order valence-electron chi connectivity index (χ2n) is 7.86. The Bertz CT molecular complexity index is 1090. The van der Waals surface area contributed by atoms with Gasteiger partial charge in [-0.2, -0.15) is 0 Å². The van der Waals surface area contributed by atoms with E-state index in [9.17, 15) is 4.79 Å². The molecule has 0 aliphatic carbocycles. The molecule has 2 saturated heterocycles. The average molecular weight is 440 g/mol. The Labute approximate surface area is 184 Å². The summed E-state index contributed by atoms with van der Waals surface area (Å²) >= 11 is 1.45. The summed E-state index contributed by atoms with van der Waals surface area (Å²) in [6.45, 7) is 8.16. The maximum atomic E-state index is 13.4. The molecule has 3 aromatic rings. The summed E-state index contributed by atoms with van der Waals surface area (Å²) < 4.78 is 11.6. The predicted molar refractivity (Wildman–Crippen MR) is 119 cm³/mol. The number of amides is 1. The molecule has 0 N–H and O–H groups in total. The Morgan fingerprint density at radius 2 is 1.90 bits per heavy atom. The van der Waals surface area contributed by atoms with Gasteiger partial charge in [-0.05, 0) is 26.0 Å². The number of rotatable bonds is 3. The fourth-order valence-electron chi connectivity index (χ4n) is 4.19. The van der Waals surface area contributed by atoms with Crippen LogP contribution in [0.25, 0.3) is 10.2 Å². The highest BCUT2D eigenvalue weighted by Gasteiger charge is 2.33. The van der Waals surface area contributed by atoms with Crippen molar-refractivity contribution < 1.29 is 14.3 Å². The van der Waals surface area contributed by atoms with Gasteiger partial charge in [0.25, 0.3) is 5.91 Å². The number of morpholine rings is 2. The van der Waals surface area contributed by atoms with Crippen molar-refractivity contribution in [2.24, 2.45) is 0 Å². The summed E-state index contributed by atoms with van der Waals surface area (Å²) in [5.74, 6) is 0.745. The molecule has 8 nitrogen and oxygen atoms in total. The zero-order chi connectivity index (χ0) is 21.4. The average Bonchev–Trinajstić information content (AvgIpc) is 3.18. The minimum atomic E-state index is -0.254. The van der Waals surface area contributed by atoms with Crippen molar-refractivity contribution in [2.45, 2.75) is 20.0 Å².